The van der Waals surface area contributed by atoms with Crippen LogP contribution in [-0.2, 0) is 4.74 Å². The van der Waals surface area contributed by atoms with Crippen molar-refractivity contribution in [3.05, 3.63) is 83.8 Å². The van der Waals surface area contributed by atoms with Crippen LogP contribution in [0, 0.1) is 0 Å². The van der Waals surface area contributed by atoms with Crippen LogP contribution in [0.2, 0.25) is 0 Å². The van der Waals surface area contributed by atoms with E-state index in [9.17, 15) is 14.4 Å². The number of esters is 1. The number of carbonyl (C=O) groups excluding carboxylic acids is 3. The maximum absolute atomic E-state index is 12.5. The molecular weight excluding hydrogens is 386 g/mol. The molecule has 0 aliphatic carbocycles. The highest BCUT2D eigenvalue weighted by Gasteiger charge is 2.20. The molecule has 2 aromatic carbocycles. The largest absolute Gasteiger partial charge is 0.494 e. The number of rotatable bonds is 8. The molecule has 0 radical (unpaired) electrons. The molecule has 0 aliphatic heterocycles. The number of Topliss-reactive ketones (excluding diaryl/α,β-unsaturated/α-hetero) is 1. The lowest BCUT2D eigenvalue weighted by Gasteiger charge is -2.13. The summed E-state index contributed by atoms with van der Waals surface area (Å²) in [7, 11) is 0. The number of hydrogen-bond acceptors (Lipinski definition) is 6. The average Bonchev–Trinajstić information content (AvgIpc) is 3.29. The average molecular weight is 407 g/mol. The van der Waals surface area contributed by atoms with Gasteiger partial charge < -0.3 is 19.2 Å². The summed E-state index contributed by atoms with van der Waals surface area (Å²) < 4.78 is 15.7. The molecule has 1 N–H and O–H groups in total. The standard InChI is InChI=1S/C23H21NO6/c1-3-28-19-12-8-16(9-13-19)21(25)15(2)30-23(27)17-6-10-18(11-7-17)24-22(26)20-5-4-14-29-20/h4-15H,3H2,1-2H3,(H,24,26)/t15-/m1/s1. The molecule has 0 bridgehead atoms. The van der Waals surface area contributed by atoms with E-state index in [4.69, 9.17) is 13.9 Å². The zero-order valence-corrected chi connectivity index (χ0v) is 16.6. The number of amides is 1. The van der Waals surface area contributed by atoms with Crippen molar-refractivity contribution in [3.63, 3.8) is 0 Å². The van der Waals surface area contributed by atoms with Crippen LogP contribution in [0.3, 0.4) is 0 Å². The Morgan fingerprint density at radius 3 is 2.23 bits per heavy atom. The number of anilines is 1. The van der Waals surface area contributed by atoms with Crippen molar-refractivity contribution in [3.8, 4) is 5.75 Å². The van der Waals surface area contributed by atoms with Gasteiger partial charge >= 0.3 is 5.97 Å². The van der Waals surface area contributed by atoms with Crippen LogP contribution in [0.25, 0.3) is 0 Å². The molecule has 3 rings (SSSR count). The fraction of sp³-hybridized carbons (Fsp3) is 0.174. The first-order chi connectivity index (χ1) is 14.5. The molecule has 0 fully saturated rings. The molecule has 154 valence electrons. The Morgan fingerprint density at radius 2 is 1.63 bits per heavy atom. The van der Waals surface area contributed by atoms with E-state index in [0.29, 0.717) is 23.6 Å². The molecule has 0 spiro atoms. The Hall–Kier alpha value is -3.87. The minimum atomic E-state index is -0.950. The number of benzene rings is 2. The molecule has 1 atom stereocenters. The molecule has 0 saturated heterocycles. The van der Waals surface area contributed by atoms with Crippen molar-refractivity contribution in [2.24, 2.45) is 0 Å². The van der Waals surface area contributed by atoms with Crippen molar-refractivity contribution in [1.29, 1.82) is 0 Å². The van der Waals surface area contributed by atoms with E-state index >= 15 is 0 Å². The summed E-state index contributed by atoms with van der Waals surface area (Å²) >= 11 is 0. The van der Waals surface area contributed by atoms with E-state index in [-0.39, 0.29) is 17.1 Å². The van der Waals surface area contributed by atoms with Crippen molar-refractivity contribution in [1.82, 2.24) is 0 Å². The van der Waals surface area contributed by atoms with Crippen LogP contribution in [0.4, 0.5) is 5.69 Å². The second kappa shape index (κ2) is 9.56. The molecule has 3 aromatic rings. The number of ether oxygens (including phenoxy) is 2. The van der Waals surface area contributed by atoms with Gasteiger partial charge in [0, 0.05) is 11.3 Å². The lowest BCUT2D eigenvalue weighted by molar-refractivity contribution is 0.0319. The summed E-state index contributed by atoms with van der Waals surface area (Å²) in [5.74, 6) is -0.498. The molecule has 0 unspecified atom stereocenters. The van der Waals surface area contributed by atoms with Crippen molar-refractivity contribution in [2.45, 2.75) is 20.0 Å². The van der Waals surface area contributed by atoms with E-state index in [1.54, 1.807) is 48.5 Å². The lowest BCUT2D eigenvalue weighted by atomic mass is 10.1. The highest BCUT2D eigenvalue weighted by molar-refractivity contribution is 6.03. The van der Waals surface area contributed by atoms with E-state index in [2.05, 4.69) is 5.32 Å². The van der Waals surface area contributed by atoms with E-state index in [1.165, 1.54) is 25.3 Å². The summed E-state index contributed by atoms with van der Waals surface area (Å²) in [6.07, 6.45) is 0.456. The minimum Gasteiger partial charge on any atom is -0.494 e. The van der Waals surface area contributed by atoms with Gasteiger partial charge in [-0.2, -0.15) is 0 Å². The molecular formula is C23H21NO6. The summed E-state index contributed by atoms with van der Waals surface area (Å²) in [5.41, 5.74) is 1.18. The second-order valence-corrected chi connectivity index (χ2v) is 6.38. The number of nitrogens with one attached hydrogen (secondary N) is 1. The second-order valence-electron chi connectivity index (χ2n) is 6.38. The Labute approximate surface area is 173 Å². The third-order valence-corrected chi connectivity index (χ3v) is 4.23. The predicted octanol–water partition coefficient (Wildman–Crippen LogP) is 4.36. The van der Waals surface area contributed by atoms with Crippen molar-refractivity contribution in [2.75, 3.05) is 11.9 Å². The maximum atomic E-state index is 12.5. The Balaban J connectivity index is 1.58. The number of carbonyl (C=O) groups is 3. The van der Waals surface area contributed by atoms with E-state index in [1.807, 2.05) is 6.92 Å². The van der Waals surface area contributed by atoms with Gasteiger partial charge in [0.15, 0.2) is 11.9 Å². The topological polar surface area (TPSA) is 94.8 Å². The monoisotopic (exact) mass is 407 g/mol. The fourth-order valence-electron chi connectivity index (χ4n) is 2.69. The number of ketones is 1. The van der Waals surface area contributed by atoms with Crippen molar-refractivity contribution < 1.29 is 28.3 Å². The summed E-state index contributed by atoms with van der Waals surface area (Å²) in [6, 6.07) is 16.0. The molecule has 7 heteroatoms. The molecule has 7 nitrogen and oxygen atoms in total. The zero-order valence-electron chi connectivity index (χ0n) is 16.6. The van der Waals surface area contributed by atoms with Gasteiger partial charge in [-0.05, 0) is 74.5 Å². The minimum absolute atomic E-state index is 0.181. The van der Waals surface area contributed by atoms with Gasteiger partial charge in [-0.3, -0.25) is 9.59 Å². The van der Waals surface area contributed by atoms with Gasteiger partial charge in [0.25, 0.3) is 5.91 Å². The van der Waals surface area contributed by atoms with Crippen LogP contribution in [-0.4, -0.2) is 30.4 Å². The van der Waals surface area contributed by atoms with Crippen LogP contribution >= 0.6 is 0 Å². The molecule has 0 aliphatic rings. The molecule has 1 aromatic heterocycles. The van der Waals surface area contributed by atoms with Gasteiger partial charge in [0.1, 0.15) is 5.75 Å². The van der Waals surface area contributed by atoms with Crippen LogP contribution in [0.5, 0.6) is 5.75 Å². The smallest absolute Gasteiger partial charge is 0.338 e. The highest BCUT2D eigenvalue weighted by Crippen LogP contribution is 2.16. The SMILES string of the molecule is CCOc1ccc(C(=O)[C@@H](C)OC(=O)c2ccc(NC(=O)c3ccco3)cc2)cc1. The lowest BCUT2D eigenvalue weighted by Crippen LogP contribution is -2.24. The molecule has 30 heavy (non-hydrogen) atoms. The molecule has 1 amide bonds. The van der Waals surface area contributed by atoms with Crippen LogP contribution in [0.15, 0.2) is 71.3 Å². The summed E-state index contributed by atoms with van der Waals surface area (Å²) in [5, 5.41) is 2.66. The summed E-state index contributed by atoms with van der Waals surface area (Å²) in [4.78, 5) is 36.8. The van der Waals surface area contributed by atoms with Crippen molar-refractivity contribution >= 4 is 23.3 Å². The van der Waals surface area contributed by atoms with Gasteiger partial charge in [0.2, 0.25) is 5.78 Å². The highest BCUT2D eigenvalue weighted by atomic mass is 16.5. The predicted molar refractivity (Wildman–Crippen MR) is 110 cm³/mol. The van der Waals surface area contributed by atoms with Gasteiger partial charge in [-0.25, -0.2) is 4.79 Å². The zero-order chi connectivity index (χ0) is 21.5. The van der Waals surface area contributed by atoms with Gasteiger partial charge in [-0.1, -0.05) is 0 Å². The molecule has 0 saturated carbocycles. The van der Waals surface area contributed by atoms with Crippen LogP contribution < -0.4 is 10.1 Å². The third-order valence-electron chi connectivity index (χ3n) is 4.23. The normalized spacial score (nSPS) is 11.4. The Morgan fingerprint density at radius 1 is 0.967 bits per heavy atom. The Bertz CT molecular complexity index is 1010. The maximum Gasteiger partial charge on any atom is 0.338 e. The summed E-state index contributed by atoms with van der Waals surface area (Å²) in [6.45, 7) is 3.93. The van der Waals surface area contributed by atoms with Gasteiger partial charge in [0.05, 0.1) is 18.4 Å². The first kappa shape index (κ1) is 20.9. The van der Waals surface area contributed by atoms with E-state index < -0.39 is 18.0 Å². The Kier molecular flexibility index (Phi) is 6.64. The van der Waals surface area contributed by atoms with Crippen LogP contribution in [0.1, 0.15) is 45.1 Å². The first-order valence-electron chi connectivity index (χ1n) is 9.41. The first-order valence-corrected chi connectivity index (χ1v) is 9.41. The quantitative estimate of drug-likeness (QED) is 0.440. The number of hydrogen-bond donors (Lipinski definition) is 1. The van der Waals surface area contributed by atoms with Gasteiger partial charge in [-0.15, -0.1) is 0 Å². The fourth-order valence-corrected chi connectivity index (χ4v) is 2.69. The third kappa shape index (κ3) is 5.14. The molecule has 1 heterocycles. The number of furan rings is 1. The van der Waals surface area contributed by atoms with E-state index in [0.717, 1.165) is 0 Å².